The van der Waals surface area contributed by atoms with Crippen LogP contribution in [0, 0.1) is 0 Å². The highest BCUT2D eigenvalue weighted by Crippen LogP contribution is 2.17. The zero-order chi connectivity index (χ0) is 16.7. The van der Waals surface area contributed by atoms with Crippen LogP contribution in [0.5, 0.6) is 5.75 Å². The normalized spacial score (nSPS) is 11.0. The van der Waals surface area contributed by atoms with Crippen LogP contribution in [0.4, 0.5) is 0 Å². The van der Waals surface area contributed by atoms with E-state index >= 15 is 0 Å². The number of nitrogens with one attached hydrogen (secondary N) is 1. The fourth-order valence-electron chi connectivity index (χ4n) is 1.70. The molecule has 0 spiro atoms. The first kappa shape index (κ1) is 16.9. The summed E-state index contributed by atoms with van der Waals surface area (Å²) in [7, 11) is -2.47. The molecule has 0 fully saturated rings. The molecule has 1 heterocycles. The number of pyridine rings is 1. The number of hydrogen-bond acceptors (Lipinski definition) is 6. The highest BCUT2D eigenvalue weighted by molar-refractivity contribution is 7.90. The van der Waals surface area contributed by atoms with Gasteiger partial charge in [-0.15, -0.1) is 0 Å². The van der Waals surface area contributed by atoms with E-state index in [1.54, 1.807) is 18.2 Å². The first-order valence-electron chi connectivity index (χ1n) is 6.73. The molecule has 1 N–H and O–H groups in total. The number of amides is 1. The molecule has 0 aliphatic rings. The number of aromatic nitrogens is 1. The van der Waals surface area contributed by atoms with Gasteiger partial charge in [0.15, 0.2) is 0 Å². The standard InChI is InChI=1S/C15H16N2O5S/c1-21-9-10-22-12-5-4-6-13(11-12)23(19,20)17-15(18)14-7-2-3-8-16-14/h2-8,11H,9-10H2,1H3,(H,17,18). The molecule has 0 saturated carbocycles. The predicted octanol–water partition coefficient (Wildman–Crippen LogP) is 1.23. The third-order valence-corrected chi connectivity index (χ3v) is 4.13. The van der Waals surface area contributed by atoms with Crippen LogP contribution in [0.2, 0.25) is 0 Å². The van der Waals surface area contributed by atoms with Gasteiger partial charge in [-0.2, -0.15) is 0 Å². The first-order valence-corrected chi connectivity index (χ1v) is 8.21. The molecule has 0 bridgehead atoms. The van der Waals surface area contributed by atoms with E-state index in [4.69, 9.17) is 9.47 Å². The van der Waals surface area contributed by atoms with Crippen molar-refractivity contribution in [1.29, 1.82) is 0 Å². The van der Waals surface area contributed by atoms with Crippen molar-refractivity contribution >= 4 is 15.9 Å². The number of sulfonamides is 1. The Hall–Kier alpha value is -2.45. The Morgan fingerprint density at radius 2 is 2.00 bits per heavy atom. The summed E-state index contributed by atoms with van der Waals surface area (Å²) in [5, 5.41) is 0. The van der Waals surface area contributed by atoms with E-state index in [1.807, 2.05) is 4.72 Å². The van der Waals surface area contributed by atoms with Crippen molar-refractivity contribution in [3.05, 3.63) is 54.4 Å². The molecule has 1 amide bonds. The average Bonchev–Trinajstić information content (AvgIpc) is 2.56. The second-order valence-electron chi connectivity index (χ2n) is 4.47. The van der Waals surface area contributed by atoms with Gasteiger partial charge in [-0.3, -0.25) is 9.78 Å². The average molecular weight is 336 g/mol. The van der Waals surface area contributed by atoms with E-state index in [0.717, 1.165) is 0 Å². The van der Waals surface area contributed by atoms with Gasteiger partial charge in [0.2, 0.25) is 0 Å². The maximum atomic E-state index is 12.3. The Kier molecular flexibility index (Phi) is 5.67. The number of methoxy groups -OCH3 is 1. The van der Waals surface area contributed by atoms with E-state index in [9.17, 15) is 13.2 Å². The minimum absolute atomic E-state index is 0.0172. The van der Waals surface area contributed by atoms with Gasteiger partial charge in [0.05, 0.1) is 11.5 Å². The maximum Gasteiger partial charge on any atom is 0.283 e. The van der Waals surface area contributed by atoms with E-state index in [-0.39, 0.29) is 10.6 Å². The second-order valence-corrected chi connectivity index (χ2v) is 6.15. The maximum absolute atomic E-state index is 12.3. The van der Waals surface area contributed by atoms with E-state index in [2.05, 4.69) is 4.98 Å². The van der Waals surface area contributed by atoms with Crippen molar-refractivity contribution in [2.24, 2.45) is 0 Å². The van der Waals surface area contributed by atoms with Gasteiger partial charge in [0, 0.05) is 19.4 Å². The Bertz CT molecular complexity index is 762. The van der Waals surface area contributed by atoms with Crippen molar-refractivity contribution in [3.63, 3.8) is 0 Å². The smallest absolute Gasteiger partial charge is 0.283 e. The number of hydrogen-bond donors (Lipinski definition) is 1. The molecule has 0 saturated heterocycles. The third kappa shape index (κ3) is 4.76. The zero-order valence-corrected chi connectivity index (χ0v) is 13.2. The van der Waals surface area contributed by atoms with Crippen LogP contribution in [-0.4, -0.2) is 39.6 Å². The van der Waals surface area contributed by atoms with Crippen LogP contribution in [0.25, 0.3) is 0 Å². The molecule has 8 heteroatoms. The molecule has 1 aromatic heterocycles. The molecule has 0 aliphatic heterocycles. The Morgan fingerprint density at radius 1 is 1.17 bits per heavy atom. The summed E-state index contributed by atoms with van der Waals surface area (Å²) >= 11 is 0. The Morgan fingerprint density at radius 3 is 2.70 bits per heavy atom. The lowest BCUT2D eigenvalue weighted by molar-refractivity contribution is 0.0976. The summed E-state index contributed by atoms with van der Waals surface area (Å²) in [6.45, 7) is 0.674. The summed E-state index contributed by atoms with van der Waals surface area (Å²) in [6.07, 6.45) is 1.41. The van der Waals surface area contributed by atoms with Gasteiger partial charge in [-0.25, -0.2) is 13.1 Å². The molecule has 2 aromatic rings. The van der Waals surface area contributed by atoms with Crippen molar-refractivity contribution in [2.45, 2.75) is 4.90 Å². The summed E-state index contributed by atoms with van der Waals surface area (Å²) in [6, 6.07) is 10.5. The van der Waals surface area contributed by atoms with Crippen LogP contribution in [0.1, 0.15) is 10.5 Å². The number of benzene rings is 1. The highest BCUT2D eigenvalue weighted by Gasteiger charge is 2.19. The fourth-order valence-corrected chi connectivity index (χ4v) is 2.70. The van der Waals surface area contributed by atoms with Crippen LogP contribution in [0.15, 0.2) is 53.6 Å². The van der Waals surface area contributed by atoms with Crippen molar-refractivity contribution < 1.29 is 22.7 Å². The van der Waals surface area contributed by atoms with Gasteiger partial charge in [-0.05, 0) is 24.3 Å². The minimum atomic E-state index is -4.01. The second kappa shape index (κ2) is 7.70. The predicted molar refractivity (Wildman–Crippen MR) is 82.7 cm³/mol. The number of carbonyl (C=O) groups excluding carboxylic acids is 1. The number of nitrogens with zero attached hydrogens (tertiary/aromatic N) is 1. The van der Waals surface area contributed by atoms with Crippen LogP contribution < -0.4 is 9.46 Å². The summed E-state index contributed by atoms with van der Waals surface area (Å²) in [5.74, 6) is -0.425. The fraction of sp³-hybridized carbons (Fsp3) is 0.200. The number of rotatable bonds is 7. The van der Waals surface area contributed by atoms with Gasteiger partial charge in [0.25, 0.3) is 15.9 Å². The van der Waals surface area contributed by atoms with Crippen LogP contribution in [0.3, 0.4) is 0 Å². The monoisotopic (exact) mass is 336 g/mol. The molecule has 0 aliphatic carbocycles. The van der Waals surface area contributed by atoms with Crippen molar-refractivity contribution in [3.8, 4) is 5.75 Å². The Balaban J connectivity index is 2.13. The minimum Gasteiger partial charge on any atom is -0.491 e. The van der Waals surface area contributed by atoms with E-state index in [0.29, 0.717) is 19.0 Å². The molecule has 0 unspecified atom stereocenters. The molecule has 7 nitrogen and oxygen atoms in total. The molecule has 2 rings (SSSR count). The van der Waals surface area contributed by atoms with Gasteiger partial charge < -0.3 is 9.47 Å². The lowest BCUT2D eigenvalue weighted by Crippen LogP contribution is -2.31. The van der Waals surface area contributed by atoms with Crippen LogP contribution >= 0.6 is 0 Å². The zero-order valence-electron chi connectivity index (χ0n) is 12.4. The summed E-state index contributed by atoms with van der Waals surface area (Å²) in [4.78, 5) is 15.7. The largest absolute Gasteiger partial charge is 0.491 e. The van der Waals surface area contributed by atoms with Gasteiger partial charge >= 0.3 is 0 Å². The summed E-state index contributed by atoms with van der Waals surface area (Å²) < 4.78 is 36.7. The molecule has 23 heavy (non-hydrogen) atoms. The topological polar surface area (TPSA) is 94.6 Å². The van der Waals surface area contributed by atoms with Crippen molar-refractivity contribution in [2.75, 3.05) is 20.3 Å². The van der Waals surface area contributed by atoms with Gasteiger partial charge in [-0.1, -0.05) is 12.1 Å². The highest BCUT2D eigenvalue weighted by atomic mass is 32.2. The first-order chi connectivity index (χ1) is 11.0. The van der Waals surface area contributed by atoms with Crippen LogP contribution in [-0.2, 0) is 14.8 Å². The molecule has 0 radical (unpaired) electrons. The SMILES string of the molecule is COCCOc1cccc(S(=O)(=O)NC(=O)c2ccccn2)c1. The Labute approximate surface area is 134 Å². The quantitative estimate of drug-likeness (QED) is 0.764. The molecular formula is C15H16N2O5S. The lowest BCUT2D eigenvalue weighted by Gasteiger charge is -2.09. The summed E-state index contributed by atoms with van der Waals surface area (Å²) in [5.41, 5.74) is 0.0172. The number of carbonyl (C=O) groups is 1. The molecular weight excluding hydrogens is 320 g/mol. The van der Waals surface area contributed by atoms with E-state index in [1.165, 1.54) is 37.6 Å². The van der Waals surface area contributed by atoms with Gasteiger partial charge in [0.1, 0.15) is 18.1 Å². The van der Waals surface area contributed by atoms with E-state index < -0.39 is 15.9 Å². The third-order valence-electron chi connectivity index (χ3n) is 2.80. The molecule has 122 valence electrons. The molecule has 1 aromatic carbocycles. The van der Waals surface area contributed by atoms with Crippen molar-refractivity contribution in [1.82, 2.24) is 9.71 Å². The molecule has 0 atom stereocenters. The number of ether oxygens (including phenoxy) is 2. The lowest BCUT2D eigenvalue weighted by atomic mass is 10.3.